The van der Waals surface area contributed by atoms with Crippen LogP contribution in [-0.2, 0) is 41.6 Å². The van der Waals surface area contributed by atoms with Crippen LogP contribution in [0.1, 0.15) is 11.1 Å². The molecule has 2 saturated heterocycles. The number of aliphatic hydroxyl groups excluding tert-OH is 1. The van der Waals surface area contributed by atoms with Gasteiger partial charge in [0.2, 0.25) is 0 Å². The highest BCUT2D eigenvalue weighted by Crippen LogP contribution is 2.31. The lowest BCUT2D eigenvalue weighted by atomic mass is 9.94. The first-order chi connectivity index (χ1) is 18.5. The normalized spacial score (nSPS) is 35.7. The molecular weight excluding hydrogens is 492 g/mol. The molecule has 0 radical (unpaired) electrons. The maximum Gasteiger partial charge on any atom is 0.176 e. The SMILES string of the molecule is CO[C@H]1O[C@H](CN)[C@@H](O[C@H]2O[C@H](CN)[C@@H](O)[C@H](OCc3ccccc3)[C@H]2N)[C@H](OCc2ccccc2)[C@H]1N. The highest BCUT2D eigenvalue weighted by molar-refractivity contribution is 5.14. The van der Waals surface area contributed by atoms with Crippen LogP contribution < -0.4 is 22.9 Å². The third-order valence-electron chi connectivity index (χ3n) is 6.97. The second-order valence-corrected chi connectivity index (χ2v) is 9.56. The van der Waals surface area contributed by atoms with Gasteiger partial charge in [-0.1, -0.05) is 60.7 Å². The summed E-state index contributed by atoms with van der Waals surface area (Å²) in [5.41, 5.74) is 26.9. The first-order valence-corrected chi connectivity index (χ1v) is 12.9. The summed E-state index contributed by atoms with van der Waals surface area (Å²) in [5.74, 6) is 0. The van der Waals surface area contributed by atoms with Gasteiger partial charge in [0.1, 0.15) is 36.6 Å². The highest BCUT2D eigenvalue weighted by atomic mass is 16.7. The number of methoxy groups -OCH3 is 1. The molecular formula is C27H40N4O7. The summed E-state index contributed by atoms with van der Waals surface area (Å²) >= 11 is 0. The molecule has 11 heteroatoms. The Morgan fingerprint density at radius 2 is 1.21 bits per heavy atom. The standard InChI is InChI=1S/C27H40N4O7/c1-33-26-21(31)25(35-15-17-10-6-3-7-11-17)23(19(13-29)37-26)38-27-20(30)24(22(32)18(12-28)36-27)34-14-16-8-4-2-5-9-16/h2-11,18-27,32H,12-15,28-31H2,1H3/t18-,19-,20-,21-,22-,23-,24-,25-,26+,27-/m1/s1. The fourth-order valence-electron chi connectivity index (χ4n) is 4.85. The summed E-state index contributed by atoms with van der Waals surface area (Å²) in [6.45, 7) is 0.694. The fourth-order valence-corrected chi connectivity index (χ4v) is 4.85. The van der Waals surface area contributed by atoms with Gasteiger partial charge in [-0.25, -0.2) is 0 Å². The van der Waals surface area contributed by atoms with E-state index in [1.54, 1.807) is 0 Å². The molecule has 0 saturated carbocycles. The summed E-state index contributed by atoms with van der Waals surface area (Å²) in [7, 11) is 1.51. The predicted molar refractivity (Wildman–Crippen MR) is 139 cm³/mol. The van der Waals surface area contributed by atoms with Crippen LogP contribution in [0.4, 0.5) is 0 Å². The van der Waals surface area contributed by atoms with Gasteiger partial charge in [0.05, 0.1) is 25.3 Å². The van der Waals surface area contributed by atoms with Crippen molar-refractivity contribution >= 4 is 0 Å². The van der Waals surface area contributed by atoms with Gasteiger partial charge in [0.25, 0.3) is 0 Å². The van der Waals surface area contributed by atoms with Gasteiger partial charge in [0.15, 0.2) is 12.6 Å². The molecule has 0 spiro atoms. The third-order valence-corrected chi connectivity index (χ3v) is 6.97. The number of hydrogen-bond acceptors (Lipinski definition) is 11. The first kappa shape index (κ1) is 29.0. The zero-order valence-corrected chi connectivity index (χ0v) is 21.6. The molecule has 10 atom stereocenters. The second-order valence-electron chi connectivity index (χ2n) is 9.56. The molecule has 2 fully saturated rings. The number of benzene rings is 2. The van der Waals surface area contributed by atoms with E-state index in [2.05, 4.69) is 0 Å². The van der Waals surface area contributed by atoms with E-state index < -0.39 is 61.3 Å². The molecule has 38 heavy (non-hydrogen) atoms. The third kappa shape index (κ3) is 6.76. The molecule has 0 aromatic heterocycles. The Balaban J connectivity index is 1.52. The van der Waals surface area contributed by atoms with Crippen molar-refractivity contribution in [3.63, 3.8) is 0 Å². The van der Waals surface area contributed by atoms with Crippen molar-refractivity contribution in [1.29, 1.82) is 0 Å². The Morgan fingerprint density at radius 3 is 1.74 bits per heavy atom. The van der Waals surface area contributed by atoms with E-state index in [1.165, 1.54) is 7.11 Å². The van der Waals surface area contributed by atoms with Gasteiger partial charge in [-0.2, -0.15) is 0 Å². The zero-order valence-electron chi connectivity index (χ0n) is 21.6. The van der Waals surface area contributed by atoms with Gasteiger partial charge in [-0.05, 0) is 11.1 Å². The average Bonchev–Trinajstić information content (AvgIpc) is 2.95. The van der Waals surface area contributed by atoms with Crippen LogP contribution in [-0.4, -0.2) is 86.6 Å². The summed E-state index contributed by atoms with van der Waals surface area (Å²) in [5, 5.41) is 10.9. The molecule has 2 aliphatic rings. The molecule has 9 N–H and O–H groups in total. The minimum atomic E-state index is -1.04. The molecule has 2 aromatic carbocycles. The fraction of sp³-hybridized carbons (Fsp3) is 0.556. The van der Waals surface area contributed by atoms with Gasteiger partial charge < -0.3 is 56.5 Å². The monoisotopic (exact) mass is 532 g/mol. The Kier molecular flexibility index (Phi) is 10.6. The predicted octanol–water partition coefficient (Wildman–Crippen LogP) is -0.428. The Morgan fingerprint density at radius 1 is 0.711 bits per heavy atom. The van der Waals surface area contributed by atoms with Crippen molar-refractivity contribution in [3.05, 3.63) is 71.8 Å². The van der Waals surface area contributed by atoms with E-state index in [-0.39, 0.29) is 26.3 Å². The molecule has 0 amide bonds. The summed E-state index contributed by atoms with van der Waals surface area (Å²) < 4.78 is 36.2. The lowest BCUT2D eigenvalue weighted by Gasteiger charge is -2.48. The van der Waals surface area contributed by atoms with Crippen LogP contribution in [0, 0.1) is 0 Å². The maximum absolute atomic E-state index is 10.9. The topological polar surface area (TPSA) is 180 Å². The molecule has 2 heterocycles. The quantitative estimate of drug-likeness (QED) is 0.253. The number of ether oxygens (including phenoxy) is 6. The number of aliphatic hydroxyl groups is 1. The van der Waals surface area contributed by atoms with Crippen LogP contribution in [0.5, 0.6) is 0 Å². The largest absolute Gasteiger partial charge is 0.388 e. The Hall–Kier alpha value is -2.00. The maximum atomic E-state index is 10.9. The van der Waals surface area contributed by atoms with Crippen molar-refractivity contribution in [2.45, 2.75) is 74.5 Å². The van der Waals surface area contributed by atoms with Crippen molar-refractivity contribution in [2.75, 3.05) is 20.2 Å². The van der Waals surface area contributed by atoms with Crippen molar-refractivity contribution in [3.8, 4) is 0 Å². The smallest absolute Gasteiger partial charge is 0.176 e. The average molecular weight is 533 g/mol. The Labute approximate surface area is 223 Å². The van der Waals surface area contributed by atoms with Crippen LogP contribution in [0.3, 0.4) is 0 Å². The summed E-state index contributed by atoms with van der Waals surface area (Å²) in [6, 6.07) is 17.8. The van der Waals surface area contributed by atoms with Gasteiger partial charge >= 0.3 is 0 Å². The van der Waals surface area contributed by atoms with Crippen LogP contribution in [0.15, 0.2) is 60.7 Å². The van der Waals surface area contributed by atoms with Crippen molar-refractivity contribution in [2.24, 2.45) is 22.9 Å². The molecule has 0 unspecified atom stereocenters. The van der Waals surface area contributed by atoms with E-state index >= 15 is 0 Å². The number of rotatable bonds is 11. The Bertz CT molecular complexity index is 959. The van der Waals surface area contributed by atoms with Crippen LogP contribution >= 0.6 is 0 Å². The van der Waals surface area contributed by atoms with E-state index in [0.29, 0.717) is 0 Å². The number of nitrogens with two attached hydrogens (primary N) is 4. The van der Waals surface area contributed by atoms with Crippen molar-refractivity contribution < 1.29 is 33.5 Å². The van der Waals surface area contributed by atoms with Crippen LogP contribution in [0.25, 0.3) is 0 Å². The lowest BCUT2D eigenvalue weighted by molar-refractivity contribution is -0.326. The minimum Gasteiger partial charge on any atom is -0.388 e. The van der Waals surface area contributed by atoms with Gasteiger partial charge in [-0.15, -0.1) is 0 Å². The molecule has 0 aliphatic carbocycles. The van der Waals surface area contributed by atoms with Crippen LogP contribution in [0.2, 0.25) is 0 Å². The van der Waals surface area contributed by atoms with E-state index in [9.17, 15) is 5.11 Å². The molecule has 210 valence electrons. The van der Waals surface area contributed by atoms with E-state index in [4.69, 9.17) is 51.4 Å². The molecule has 11 nitrogen and oxygen atoms in total. The molecule has 0 bridgehead atoms. The lowest BCUT2D eigenvalue weighted by Crippen LogP contribution is -2.68. The summed E-state index contributed by atoms with van der Waals surface area (Å²) in [4.78, 5) is 0. The molecule has 2 aliphatic heterocycles. The molecule has 2 aromatic rings. The molecule has 4 rings (SSSR count). The number of hydrogen-bond donors (Lipinski definition) is 5. The van der Waals surface area contributed by atoms with E-state index in [0.717, 1.165) is 11.1 Å². The second kappa shape index (κ2) is 13.9. The van der Waals surface area contributed by atoms with Gasteiger partial charge in [0, 0.05) is 20.2 Å². The first-order valence-electron chi connectivity index (χ1n) is 12.9. The van der Waals surface area contributed by atoms with E-state index in [1.807, 2.05) is 60.7 Å². The zero-order chi connectivity index (χ0) is 27.1. The van der Waals surface area contributed by atoms with Crippen molar-refractivity contribution in [1.82, 2.24) is 0 Å². The minimum absolute atomic E-state index is 0.0413. The van der Waals surface area contributed by atoms with Gasteiger partial charge in [-0.3, -0.25) is 0 Å². The summed E-state index contributed by atoms with van der Waals surface area (Å²) in [6.07, 6.45) is -6.37. The highest BCUT2D eigenvalue weighted by Gasteiger charge is 2.50.